The predicted molar refractivity (Wildman–Crippen MR) is 85.4 cm³/mol. The molecule has 0 saturated carbocycles. The minimum absolute atomic E-state index is 0.0845. The van der Waals surface area contributed by atoms with E-state index in [9.17, 15) is 4.79 Å². The first-order chi connectivity index (χ1) is 9.49. The zero-order chi connectivity index (χ0) is 15.1. The van der Waals surface area contributed by atoms with Gasteiger partial charge < -0.3 is 15.1 Å². The molecule has 0 aliphatic carbocycles. The summed E-state index contributed by atoms with van der Waals surface area (Å²) in [5.41, 5.74) is 2.18. The number of nitrogens with zero attached hydrogens (tertiary/aromatic N) is 2. The fourth-order valence-corrected chi connectivity index (χ4v) is 2.08. The zero-order valence-electron chi connectivity index (χ0n) is 12.7. The average Bonchev–Trinajstić information content (AvgIpc) is 2.43. The third kappa shape index (κ3) is 4.69. The van der Waals surface area contributed by atoms with Crippen molar-refractivity contribution in [3.05, 3.63) is 28.8 Å². The molecule has 1 amide bonds. The van der Waals surface area contributed by atoms with Gasteiger partial charge in [-0.25, -0.2) is 0 Å². The molecule has 0 radical (unpaired) electrons. The molecule has 0 aromatic heterocycles. The summed E-state index contributed by atoms with van der Waals surface area (Å²) in [6.45, 7) is 6.92. The molecular weight excluding hydrogens is 274 g/mol. The Labute approximate surface area is 126 Å². The number of rotatable bonds is 7. The number of hydrogen-bond acceptors (Lipinski definition) is 3. The Bertz CT molecular complexity index is 449. The van der Waals surface area contributed by atoms with Crippen LogP contribution >= 0.6 is 11.6 Å². The summed E-state index contributed by atoms with van der Waals surface area (Å²) in [6.07, 6.45) is 0. The van der Waals surface area contributed by atoms with Crippen LogP contribution in [0.4, 0.5) is 5.69 Å². The predicted octanol–water partition coefficient (Wildman–Crippen LogP) is 2.36. The maximum Gasteiger partial charge on any atom is 0.241 e. The van der Waals surface area contributed by atoms with Gasteiger partial charge in [-0.3, -0.25) is 4.79 Å². The Morgan fingerprint density at radius 1 is 1.30 bits per heavy atom. The number of anilines is 1. The van der Waals surface area contributed by atoms with E-state index in [1.54, 1.807) is 19.0 Å². The number of benzene rings is 1. The molecule has 1 N–H and O–H groups in total. The Morgan fingerprint density at radius 2 is 2.00 bits per heavy atom. The second kappa shape index (κ2) is 8.12. The van der Waals surface area contributed by atoms with Crippen LogP contribution in [0.5, 0.6) is 0 Å². The van der Waals surface area contributed by atoms with E-state index >= 15 is 0 Å². The first kappa shape index (κ1) is 16.8. The highest BCUT2D eigenvalue weighted by Gasteiger charge is 2.15. The average molecular weight is 298 g/mol. The third-order valence-corrected chi connectivity index (χ3v) is 3.40. The molecule has 112 valence electrons. The summed E-state index contributed by atoms with van der Waals surface area (Å²) < 4.78 is 0. The quantitative estimate of drug-likeness (QED) is 0.839. The van der Waals surface area contributed by atoms with Crippen LogP contribution in [0.3, 0.4) is 0 Å². The fraction of sp³-hybridized carbons (Fsp3) is 0.533. The lowest BCUT2D eigenvalue weighted by molar-refractivity contribution is -0.127. The van der Waals surface area contributed by atoms with Crippen LogP contribution in [0.1, 0.15) is 19.4 Å². The number of nitrogens with one attached hydrogen (secondary N) is 1. The Balaban J connectivity index is 2.99. The third-order valence-electron chi connectivity index (χ3n) is 3.16. The number of likely N-dealkylation sites (N-methyl/N-ethyl adjacent to an activating group) is 2. The lowest BCUT2D eigenvalue weighted by Crippen LogP contribution is -2.37. The highest BCUT2D eigenvalue weighted by molar-refractivity contribution is 6.30. The second-order valence-corrected chi connectivity index (χ2v) is 5.29. The maximum atomic E-state index is 11.9. The summed E-state index contributed by atoms with van der Waals surface area (Å²) in [5, 5.41) is 4.01. The summed E-state index contributed by atoms with van der Waals surface area (Å²) in [7, 11) is 3.54. The molecular formula is C15H24ClN3O. The Morgan fingerprint density at radius 3 is 2.55 bits per heavy atom. The van der Waals surface area contributed by atoms with Crippen LogP contribution in [0, 0.1) is 0 Å². The van der Waals surface area contributed by atoms with E-state index in [1.807, 2.05) is 25.1 Å². The van der Waals surface area contributed by atoms with Gasteiger partial charge in [0.1, 0.15) is 0 Å². The van der Waals surface area contributed by atoms with E-state index in [0.717, 1.165) is 30.9 Å². The van der Waals surface area contributed by atoms with Gasteiger partial charge in [-0.1, -0.05) is 24.6 Å². The minimum Gasteiger partial charge on any atom is -0.362 e. The first-order valence-electron chi connectivity index (χ1n) is 6.93. The van der Waals surface area contributed by atoms with Crippen LogP contribution in [-0.2, 0) is 11.3 Å². The van der Waals surface area contributed by atoms with Gasteiger partial charge in [-0.15, -0.1) is 0 Å². The first-order valence-corrected chi connectivity index (χ1v) is 7.31. The molecule has 0 aliphatic heterocycles. The van der Waals surface area contributed by atoms with Gasteiger partial charge in [0.15, 0.2) is 0 Å². The van der Waals surface area contributed by atoms with Gasteiger partial charge in [-0.2, -0.15) is 0 Å². The number of carbonyl (C=O) groups is 1. The van der Waals surface area contributed by atoms with E-state index in [1.165, 1.54) is 0 Å². The SMILES string of the molecule is CCNCc1ccc(Cl)cc1N(CC)CC(=O)N(C)C. The number of amides is 1. The topological polar surface area (TPSA) is 35.6 Å². The maximum absolute atomic E-state index is 11.9. The molecule has 0 saturated heterocycles. The van der Waals surface area contributed by atoms with Gasteiger partial charge in [-0.05, 0) is 31.2 Å². The fourth-order valence-electron chi connectivity index (χ4n) is 1.91. The number of halogens is 1. The number of hydrogen-bond donors (Lipinski definition) is 1. The van der Waals surface area contributed by atoms with Crippen molar-refractivity contribution in [1.29, 1.82) is 0 Å². The second-order valence-electron chi connectivity index (χ2n) is 4.86. The van der Waals surface area contributed by atoms with Crippen molar-refractivity contribution in [2.24, 2.45) is 0 Å². The molecule has 0 spiro atoms. The molecule has 0 bridgehead atoms. The largest absolute Gasteiger partial charge is 0.362 e. The summed E-state index contributed by atoms with van der Waals surface area (Å²) >= 11 is 6.11. The monoisotopic (exact) mass is 297 g/mol. The zero-order valence-corrected chi connectivity index (χ0v) is 13.5. The molecule has 0 fully saturated rings. The molecule has 0 atom stereocenters. The molecule has 0 aliphatic rings. The normalized spacial score (nSPS) is 10.4. The molecule has 1 rings (SSSR count). The molecule has 5 heteroatoms. The molecule has 20 heavy (non-hydrogen) atoms. The summed E-state index contributed by atoms with van der Waals surface area (Å²) in [6, 6.07) is 5.84. The van der Waals surface area contributed by atoms with Gasteiger partial charge in [0.2, 0.25) is 5.91 Å². The lowest BCUT2D eigenvalue weighted by atomic mass is 10.1. The number of carbonyl (C=O) groups excluding carboxylic acids is 1. The Kier molecular flexibility index (Phi) is 6.82. The summed E-state index contributed by atoms with van der Waals surface area (Å²) in [4.78, 5) is 15.6. The van der Waals surface area contributed by atoms with Crippen molar-refractivity contribution < 1.29 is 4.79 Å². The van der Waals surface area contributed by atoms with E-state index in [0.29, 0.717) is 11.6 Å². The van der Waals surface area contributed by atoms with Crippen molar-refractivity contribution in [2.45, 2.75) is 20.4 Å². The van der Waals surface area contributed by atoms with Gasteiger partial charge in [0, 0.05) is 37.9 Å². The van der Waals surface area contributed by atoms with Crippen molar-refractivity contribution in [3.8, 4) is 0 Å². The molecule has 1 aromatic carbocycles. The Hall–Kier alpha value is -1.26. The highest BCUT2D eigenvalue weighted by atomic mass is 35.5. The van der Waals surface area contributed by atoms with Crippen LogP contribution in [0.15, 0.2) is 18.2 Å². The highest BCUT2D eigenvalue weighted by Crippen LogP contribution is 2.25. The van der Waals surface area contributed by atoms with Crippen LogP contribution < -0.4 is 10.2 Å². The smallest absolute Gasteiger partial charge is 0.241 e. The van der Waals surface area contributed by atoms with Gasteiger partial charge in [0.05, 0.1) is 6.54 Å². The van der Waals surface area contributed by atoms with Crippen LogP contribution in [-0.4, -0.2) is 44.5 Å². The molecule has 1 aromatic rings. The standard InChI is InChI=1S/C15H24ClN3O/c1-5-17-10-12-7-8-13(16)9-14(12)19(6-2)11-15(20)18(3)4/h7-9,17H,5-6,10-11H2,1-4H3. The van der Waals surface area contributed by atoms with Crippen molar-refractivity contribution in [3.63, 3.8) is 0 Å². The molecule has 0 unspecified atom stereocenters. The van der Waals surface area contributed by atoms with E-state index in [2.05, 4.69) is 17.1 Å². The van der Waals surface area contributed by atoms with Crippen LogP contribution in [0.2, 0.25) is 5.02 Å². The molecule has 0 heterocycles. The molecule has 4 nitrogen and oxygen atoms in total. The van der Waals surface area contributed by atoms with Crippen molar-refractivity contribution in [1.82, 2.24) is 10.2 Å². The lowest BCUT2D eigenvalue weighted by Gasteiger charge is -2.27. The summed E-state index contributed by atoms with van der Waals surface area (Å²) in [5.74, 6) is 0.0845. The van der Waals surface area contributed by atoms with E-state index < -0.39 is 0 Å². The van der Waals surface area contributed by atoms with Gasteiger partial charge in [0.25, 0.3) is 0 Å². The minimum atomic E-state index is 0.0845. The van der Waals surface area contributed by atoms with Gasteiger partial charge >= 0.3 is 0 Å². The van der Waals surface area contributed by atoms with Crippen molar-refractivity contribution in [2.75, 3.05) is 38.6 Å². The van der Waals surface area contributed by atoms with E-state index in [-0.39, 0.29) is 5.91 Å². The van der Waals surface area contributed by atoms with E-state index in [4.69, 9.17) is 11.6 Å². The van der Waals surface area contributed by atoms with Crippen LogP contribution in [0.25, 0.3) is 0 Å². The van der Waals surface area contributed by atoms with Crippen molar-refractivity contribution >= 4 is 23.2 Å².